The largest absolute Gasteiger partial charge is 0.439 e. The molecular weight excluding hydrogens is 516 g/mol. The van der Waals surface area contributed by atoms with Crippen LogP contribution in [0.1, 0.15) is 64.4 Å². The van der Waals surface area contributed by atoms with Crippen molar-refractivity contribution in [2.24, 2.45) is 17.8 Å². The minimum atomic E-state index is -3.37. The van der Waals surface area contributed by atoms with Gasteiger partial charge < -0.3 is 16.0 Å². The normalized spacial score (nSPS) is 20.5. The van der Waals surface area contributed by atoms with E-state index in [0.717, 1.165) is 44.9 Å². The van der Waals surface area contributed by atoms with E-state index in [0.29, 0.717) is 24.2 Å². The van der Waals surface area contributed by atoms with Gasteiger partial charge in [-0.2, -0.15) is 8.78 Å². The third-order valence-corrected chi connectivity index (χ3v) is 8.46. The zero-order valence-electron chi connectivity index (χ0n) is 23.0. The van der Waals surface area contributed by atoms with Crippen molar-refractivity contribution in [3.63, 3.8) is 0 Å². The number of benzene rings is 1. The van der Waals surface area contributed by atoms with E-state index < -0.39 is 17.4 Å². The van der Waals surface area contributed by atoms with Crippen molar-refractivity contribution >= 4 is 17.3 Å². The Kier molecular flexibility index (Phi) is 7.91. The van der Waals surface area contributed by atoms with Crippen molar-refractivity contribution in [3.05, 3.63) is 58.7 Å². The van der Waals surface area contributed by atoms with Gasteiger partial charge in [-0.3, -0.25) is 9.51 Å². The molecule has 2 saturated carbocycles. The van der Waals surface area contributed by atoms with E-state index in [1.807, 2.05) is 6.92 Å². The second-order valence-corrected chi connectivity index (χ2v) is 11.3. The first-order valence-corrected chi connectivity index (χ1v) is 14.0. The van der Waals surface area contributed by atoms with Crippen molar-refractivity contribution in [1.29, 1.82) is 0 Å². The number of allylic oxidation sites excluding steroid dienone is 1. The molecule has 0 amide bonds. The number of nitrogen functional groups attached to an aromatic ring is 1. The van der Waals surface area contributed by atoms with Crippen LogP contribution in [0.2, 0.25) is 0 Å². The third kappa shape index (κ3) is 5.73. The lowest BCUT2D eigenvalue weighted by molar-refractivity contribution is 0.0347. The quantitative estimate of drug-likeness (QED) is 0.282. The smallest absolute Gasteiger partial charge is 0.382 e. The van der Waals surface area contributed by atoms with Crippen LogP contribution < -0.4 is 21.7 Å². The average molecular weight is 554 g/mol. The molecule has 2 aliphatic carbocycles. The maximum Gasteiger partial charge on any atom is 0.439 e. The molecule has 0 bridgehead atoms. The number of nitrogens with zero attached hydrogens (tertiary/aromatic N) is 4. The maximum absolute atomic E-state index is 16.1. The number of hydrogen-bond donors (Lipinski definition) is 3. The molecule has 9 nitrogen and oxygen atoms in total. The number of aromatic amines is 1. The van der Waals surface area contributed by atoms with E-state index in [1.165, 1.54) is 17.0 Å². The molecule has 2 heterocycles. The maximum atomic E-state index is 16.1. The fourth-order valence-corrected chi connectivity index (χ4v) is 5.63. The number of nitrogens with one attached hydrogen (secondary N) is 2. The van der Waals surface area contributed by atoms with Gasteiger partial charge in [0, 0.05) is 18.2 Å². The molecule has 2 fully saturated rings. The van der Waals surface area contributed by atoms with Gasteiger partial charge in [0.1, 0.15) is 5.69 Å². The van der Waals surface area contributed by atoms with Gasteiger partial charge in [-0.1, -0.05) is 68.3 Å². The Morgan fingerprint density at radius 1 is 1.20 bits per heavy atom. The van der Waals surface area contributed by atoms with Crippen LogP contribution in [-0.2, 0) is 5.92 Å². The van der Waals surface area contributed by atoms with Gasteiger partial charge in [0.25, 0.3) is 0 Å². The predicted molar refractivity (Wildman–Crippen MR) is 151 cm³/mol. The molecule has 2 aliphatic rings. The molecule has 0 radical (unpaired) electrons. The molecule has 5 rings (SSSR count). The number of rotatable bonds is 10. The van der Waals surface area contributed by atoms with Crippen LogP contribution in [0.25, 0.3) is 11.6 Å². The lowest BCUT2D eigenvalue weighted by Crippen LogP contribution is -2.39. The Balaban J connectivity index is 1.60. The first-order valence-electron chi connectivity index (χ1n) is 14.0. The standard InChI is InChI=1S/C29H37F2N7O2/c1-17-12-14-20(15-13-17)16-38(19(3)29(30,31)22-10-5-4-6-11-22)23-24(32)34-26(27-36-28(39)40-37-27)35-25(23)33-18(2)21-8-7-9-21/h4-6,10-11,17-18,20-21H,3,7-9,12-16H2,1-2H3,(H,36,37,39)(H3,32,33,34,35)/t17-,18-,20-/m1/s1. The van der Waals surface area contributed by atoms with Crippen LogP contribution in [0, 0.1) is 17.8 Å². The predicted octanol–water partition coefficient (Wildman–Crippen LogP) is 5.94. The average Bonchev–Trinajstić information content (AvgIpc) is 3.34. The van der Waals surface area contributed by atoms with Gasteiger partial charge in [0.05, 0.1) is 5.70 Å². The molecule has 0 saturated heterocycles. The van der Waals surface area contributed by atoms with Gasteiger partial charge >= 0.3 is 11.7 Å². The summed E-state index contributed by atoms with van der Waals surface area (Å²) < 4.78 is 36.8. The van der Waals surface area contributed by atoms with Crippen LogP contribution in [0.3, 0.4) is 0 Å². The van der Waals surface area contributed by atoms with Crippen LogP contribution in [-0.4, -0.2) is 32.7 Å². The number of alkyl halides is 2. The van der Waals surface area contributed by atoms with Crippen LogP contribution in [0.4, 0.5) is 26.1 Å². The molecule has 1 aromatic carbocycles. The number of halogens is 2. The summed E-state index contributed by atoms with van der Waals surface area (Å²) in [5, 5.41) is 7.13. The molecule has 0 unspecified atom stereocenters. The summed E-state index contributed by atoms with van der Waals surface area (Å²) in [6.45, 7) is 8.50. The van der Waals surface area contributed by atoms with Crippen molar-refractivity contribution in [1.82, 2.24) is 20.1 Å². The summed E-state index contributed by atoms with van der Waals surface area (Å²) in [5.74, 6) is -2.64. The third-order valence-electron chi connectivity index (χ3n) is 8.46. The number of anilines is 3. The number of aromatic nitrogens is 4. The Morgan fingerprint density at radius 3 is 2.50 bits per heavy atom. The highest BCUT2D eigenvalue weighted by molar-refractivity contribution is 5.81. The monoisotopic (exact) mass is 553 g/mol. The van der Waals surface area contributed by atoms with E-state index in [1.54, 1.807) is 18.2 Å². The molecular formula is C29H37F2N7O2. The molecule has 3 aromatic rings. The summed E-state index contributed by atoms with van der Waals surface area (Å²) in [4.78, 5) is 24.6. The molecule has 11 heteroatoms. The highest BCUT2D eigenvalue weighted by Crippen LogP contribution is 2.44. The van der Waals surface area contributed by atoms with E-state index in [9.17, 15) is 4.79 Å². The van der Waals surface area contributed by atoms with Crippen molar-refractivity contribution < 1.29 is 13.3 Å². The zero-order valence-corrected chi connectivity index (χ0v) is 23.0. The number of nitrogens with two attached hydrogens (primary N) is 1. The molecule has 4 N–H and O–H groups in total. The molecule has 40 heavy (non-hydrogen) atoms. The summed E-state index contributed by atoms with van der Waals surface area (Å²) in [7, 11) is 0. The molecule has 2 aromatic heterocycles. The van der Waals surface area contributed by atoms with Crippen LogP contribution in [0.5, 0.6) is 0 Å². The molecule has 0 aliphatic heterocycles. The Bertz CT molecular complexity index is 1380. The summed E-state index contributed by atoms with van der Waals surface area (Å²) >= 11 is 0. The number of H-pyrrole nitrogens is 1. The highest BCUT2D eigenvalue weighted by Gasteiger charge is 2.41. The Hall–Kier alpha value is -3.76. The lowest BCUT2D eigenvalue weighted by atomic mass is 9.80. The minimum absolute atomic E-state index is 0.00357. The van der Waals surface area contributed by atoms with Gasteiger partial charge in [0.2, 0.25) is 11.6 Å². The van der Waals surface area contributed by atoms with Gasteiger partial charge in [-0.15, -0.1) is 0 Å². The Morgan fingerprint density at radius 2 is 1.90 bits per heavy atom. The van der Waals surface area contributed by atoms with Crippen LogP contribution in [0.15, 0.2) is 51.9 Å². The minimum Gasteiger partial charge on any atom is -0.382 e. The first kappa shape index (κ1) is 27.8. The highest BCUT2D eigenvalue weighted by atomic mass is 19.3. The summed E-state index contributed by atoms with van der Waals surface area (Å²) in [6, 6.07) is 7.67. The van der Waals surface area contributed by atoms with Crippen molar-refractivity contribution in [3.8, 4) is 11.6 Å². The second-order valence-electron chi connectivity index (χ2n) is 11.3. The molecule has 214 valence electrons. The fraction of sp³-hybridized carbons (Fsp3) is 0.517. The SMILES string of the molecule is C=C(N(C[C@H]1CC[C@H](C)CC1)c1c(N)nc(-c2noc(=O)[nH]2)nc1N[C@H](C)C1CCC1)C(F)(F)c1ccccc1. The van der Waals surface area contributed by atoms with Crippen LogP contribution >= 0.6 is 0 Å². The van der Waals surface area contributed by atoms with Gasteiger partial charge in [-0.05, 0) is 50.4 Å². The lowest BCUT2D eigenvalue weighted by Gasteiger charge is -2.38. The molecule has 1 atom stereocenters. The van der Waals surface area contributed by atoms with E-state index >= 15 is 8.78 Å². The van der Waals surface area contributed by atoms with Gasteiger partial charge in [-0.25, -0.2) is 14.8 Å². The van der Waals surface area contributed by atoms with Gasteiger partial charge in [0.15, 0.2) is 11.6 Å². The van der Waals surface area contributed by atoms with E-state index in [-0.39, 0.29) is 40.7 Å². The zero-order chi connectivity index (χ0) is 28.4. The van der Waals surface area contributed by atoms with Crippen molar-refractivity contribution in [2.75, 3.05) is 22.5 Å². The van der Waals surface area contributed by atoms with E-state index in [2.05, 4.69) is 43.5 Å². The Labute approximate surface area is 232 Å². The number of hydrogen-bond acceptors (Lipinski definition) is 8. The second kappa shape index (κ2) is 11.4. The topological polar surface area (TPSA) is 126 Å². The molecule has 0 spiro atoms. The first-order chi connectivity index (χ1) is 19.1. The summed E-state index contributed by atoms with van der Waals surface area (Å²) in [6.07, 6.45) is 7.19. The van der Waals surface area contributed by atoms with E-state index in [4.69, 9.17) is 5.73 Å². The van der Waals surface area contributed by atoms with Crippen molar-refractivity contribution in [2.45, 2.75) is 70.8 Å². The fourth-order valence-electron chi connectivity index (χ4n) is 5.63. The summed E-state index contributed by atoms with van der Waals surface area (Å²) in [5.41, 5.74) is 6.24.